The van der Waals surface area contributed by atoms with Crippen LogP contribution in [0.1, 0.15) is 11.1 Å². The minimum atomic E-state index is -3.96. The number of aliphatic carboxylic acids is 1. The van der Waals surface area contributed by atoms with Gasteiger partial charge in [-0.25, -0.2) is 4.79 Å². The van der Waals surface area contributed by atoms with Gasteiger partial charge in [-0.2, -0.15) is 8.42 Å². The van der Waals surface area contributed by atoms with Crippen LogP contribution in [-0.4, -0.2) is 33.7 Å². The number of carboxylic acids is 1. The second kappa shape index (κ2) is 9.57. The lowest BCUT2D eigenvalue weighted by atomic mass is 10.0. The van der Waals surface area contributed by atoms with E-state index in [-0.39, 0.29) is 10.6 Å². The lowest BCUT2D eigenvalue weighted by Gasteiger charge is -2.15. The minimum absolute atomic E-state index is 0.0662. The van der Waals surface area contributed by atoms with E-state index in [1.165, 1.54) is 44.6 Å². The lowest BCUT2D eigenvalue weighted by Crippen LogP contribution is -2.09. The van der Waals surface area contributed by atoms with E-state index in [9.17, 15) is 13.2 Å². The number of benzene rings is 3. The lowest BCUT2D eigenvalue weighted by molar-refractivity contribution is -0.131. The quantitative estimate of drug-likeness (QED) is 0.394. The van der Waals surface area contributed by atoms with Gasteiger partial charge >= 0.3 is 16.1 Å². The van der Waals surface area contributed by atoms with Gasteiger partial charge in [0.05, 0.1) is 14.2 Å². The molecule has 3 aromatic carbocycles. The number of carbonyl (C=O) groups is 1. The summed E-state index contributed by atoms with van der Waals surface area (Å²) >= 11 is 0. The Bertz CT molecular complexity index is 1240. The van der Waals surface area contributed by atoms with Crippen LogP contribution in [-0.2, 0) is 14.9 Å². The Morgan fingerprint density at radius 2 is 1.59 bits per heavy atom. The summed E-state index contributed by atoms with van der Waals surface area (Å²) in [6.07, 6.45) is 2.47. The van der Waals surface area contributed by atoms with Crippen molar-refractivity contribution < 1.29 is 32.0 Å². The third-order valence-electron chi connectivity index (χ3n) is 4.60. The van der Waals surface area contributed by atoms with Gasteiger partial charge in [-0.15, -0.1) is 0 Å². The molecule has 3 rings (SSSR count). The number of aryl methyl sites for hydroxylation is 1. The normalized spacial score (nSPS) is 11.3. The molecule has 0 atom stereocenters. The third-order valence-corrected chi connectivity index (χ3v) is 5.86. The van der Waals surface area contributed by atoms with E-state index in [0.29, 0.717) is 28.2 Å². The standard InChI is InChI=1S/C24H22O7S/c1-16-4-11-20(12-5-16)32(27,28)31-19-9-7-18(8-10-19)21-14-17(6-13-23(25)26)15-22(29-2)24(21)30-3/h4-15H,1-3H3,(H,25,26). The van der Waals surface area contributed by atoms with Crippen molar-refractivity contribution in [2.24, 2.45) is 0 Å². The molecular formula is C24H22O7S. The fraction of sp³-hybridized carbons (Fsp3) is 0.125. The first kappa shape index (κ1) is 22.9. The zero-order chi connectivity index (χ0) is 23.3. The summed E-state index contributed by atoms with van der Waals surface area (Å²) in [5.41, 5.74) is 2.89. The number of hydrogen-bond acceptors (Lipinski definition) is 6. The van der Waals surface area contributed by atoms with E-state index < -0.39 is 16.1 Å². The predicted molar refractivity (Wildman–Crippen MR) is 121 cm³/mol. The second-order valence-corrected chi connectivity index (χ2v) is 8.40. The van der Waals surface area contributed by atoms with Gasteiger partial charge in [-0.1, -0.05) is 29.8 Å². The Morgan fingerprint density at radius 1 is 0.938 bits per heavy atom. The van der Waals surface area contributed by atoms with Gasteiger partial charge in [-0.3, -0.25) is 0 Å². The molecule has 166 valence electrons. The van der Waals surface area contributed by atoms with Crippen LogP contribution < -0.4 is 13.7 Å². The average Bonchev–Trinajstić information content (AvgIpc) is 2.77. The smallest absolute Gasteiger partial charge is 0.339 e. The highest BCUT2D eigenvalue weighted by Gasteiger charge is 2.18. The first-order chi connectivity index (χ1) is 15.2. The molecule has 0 radical (unpaired) electrons. The summed E-state index contributed by atoms with van der Waals surface area (Å²) in [6.45, 7) is 1.87. The largest absolute Gasteiger partial charge is 0.493 e. The number of carboxylic acid groups (broad SMARTS) is 1. The maximum absolute atomic E-state index is 12.5. The van der Waals surface area contributed by atoms with Crippen LogP contribution in [0.4, 0.5) is 0 Å². The zero-order valence-electron chi connectivity index (χ0n) is 17.7. The maximum Gasteiger partial charge on any atom is 0.339 e. The number of ether oxygens (including phenoxy) is 2. The first-order valence-corrected chi connectivity index (χ1v) is 10.9. The maximum atomic E-state index is 12.5. The molecule has 0 amide bonds. The first-order valence-electron chi connectivity index (χ1n) is 9.52. The molecule has 0 heterocycles. The minimum Gasteiger partial charge on any atom is -0.493 e. The van der Waals surface area contributed by atoms with Gasteiger partial charge in [0.25, 0.3) is 0 Å². The molecule has 32 heavy (non-hydrogen) atoms. The summed E-state index contributed by atoms with van der Waals surface area (Å²) in [5, 5.41) is 8.90. The molecule has 0 unspecified atom stereocenters. The molecule has 1 N–H and O–H groups in total. The van der Waals surface area contributed by atoms with Crippen molar-refractivity contribution in [3.8, 4) is 28.4 Å². The van der Waals surface area contributed by atoms with Gasteiger partial charge in [0.15, 0.2) is 11.5 Å². The predicted octanol–water partition coefficient (Wildman–Crippen LogP) is 4.54. The van der Waals surface area contributed by atoms with Crippen molar-refractivity contribution >= 4 is 22.2 Å². The summed E-state index contributed by atoms with van der Waals surface area (Å²) in [7, 11) is -0.978. The highest BCUT2D eigenvalue weighted by Crippen LogP contribution is 2.40. The van der Waals surface area contributed by atoms with Crippen LogP contribution in [0, 0.1) is 6.92 Å². The van der Waals surface area contributed by atoms with Crippen molar-refractivity contribution in [2.75, 3.05) is 14.2 Å². The Labute approximate surface area is 186 Å². The van der Waals surface area contributed by atoms with E-state index in [0.717, 1.165) is 11.6 Å². The Balaban J connectivity index is 1.95. The molecule has 3 aromatic rings. The molecule has 0 aliphatic rings. The summed E-state index contributed by atoms with van der Waals surface area (Å²) in [4.78, 5) is 10.9. The second-order valence-electron chi connectivity index (χ2n) is 6.85. The van der Waals surface area contributed by atoms with Gasteiger partial charge in [0, 0.05) is 11.6 Å². The molecule has 0 bridgehead atoms. The molecule has 7 nitrogen and oxygen atoms in total. The van der Waals surface area contributed by atoms with Crippen molar-refractivity contribution in [1.82, 2.24) is 0 Å². The third kappa shape index (κ3) is 5.28. The summed E-state index contributed by atoms with van der Waals surface area (Å²) in [6, 6.07) is 16.2. The fourth-order valence-corrected chi connectivity index (χ4v) is 3.96. The molecule has 0 aliphatic heterocycles. The highest BCUT2D eigenvalue weighted by molar-refractivity contribution is 7.87. The molecule has 0 fully saturated rings. The summed E-state index contributed by atoms with van der Waals surface area (Å²) < 4.78 is 41.1. The SMILES string of the molecule is COc1cc(C=CC(=O)O)cc(-c2ccc(OS(=O)(=O)c3ccc(C)cc3)cc2)c1OC. The molecular weight excluding hydrogens is 432 g/mol. The molecule has 8 heteroatoms. The molecule has 0 saturated carbocycles. The van der Waals surface area contributed by atoms with Crippen molar-refractivity contribution in [1.29, 1.82) is 0 Å². The Kier molecular flexibility index (Phi) is 6.85. The highest BCUT2D eigenvalue weighted by atomic mass is 32.2. The molecule has 0 saturated heterocycles. The van der Waals surface area contributed by atoms with E-state index in [4.69, 9.17) is 18.8 Å². The number of methoxy groups -OCH3 is 2. The van der Waals surface area contributed by atoms with Gasteiger partial charge < -0.3 is 18.8 Å². The summed E-state index contributed by atoms with van der Waals surface area (Å²) in [5.74, 6) is -0.0296. The van der Waals surface area contributed by atoms with Crippen LogP contribution >= 0.6 is 0 Å². The van der Waals surface area contributed by atoms with Gasteiger partial charge in [0.1, 0.15) is 10.6 Å². The number of rotatable bonds is 8. The van der Waals surface area contributed by atoms with E-state index in [2.05, 4.69) is 0 Å². The molecule has 0 spiro atoms. The topological polar surface area (TPSA) is 99.1 Å². The zero-order valence-corrected chi connectivity index (χ0v) is 18.5. The van der Waals surface area contributed by atoms with Gasteiger partial charge in [0.2, 0.25) is 0 Å². The van der Waals surface area contributed by atoms with Crippen molar-refractivity contribution in [3.05, 3.63) is 77.9 Å². The fourth-order valence-electron chi connectivity index (χ4n) is 3.03. The molecule has 0 aromatic heterocycles. The van der Waals surface area contributed by atoms with E-state index in [1.54, 1.807) is 36.4 Å². The van der Waals surface area contributed by atoms with Crippen LogP contribution in [0.25, 0.3) is 17.2 Å². The van der Waals surface area contributed by atoms with Crippen LogP contribution in [0.3, 0.4) is 0 Å². The number of hydrogen-bond donors (Lipinski definition) is 1. The monoisotopic (exact) mass is 454 g/mol. The average molecular weight is 455 g/mol. The van der Waals surface area contributed by atoms with Crippen molar-refractivity contribution in [3.63, 3.8) is 0 Å². The Morgan fingerprint density at radius 3 is 2.16 bits per heavy atom. The van der Waals surface area contributed by atoms with Crippen LogP contribution in [0.15, 0.2) is 71.6 Å². The van der Waals surface area contributed by atoms with Crippen molar-refractivity contribution in [2.45, 2.75) is 11.8 Å². The van der Waals surface area contributed by atoms with Crippen LogP contribution in [0.5, 0.6) is 17.2 Å². The van der Waals surface area contributed by atoms with Gasteiger partial charge in [-0.05, 0) is 60.5 Å². The van der Waals surface area contributed by atoms with E-state index >= 15 is 0 Å². The van der Waals surface area contributed by atoms with E-state index in [1.807, 2.05) is 6.92 Å². The Hall–Kier alpha value is -3.78. The van der Waals surface area contributed by atoms with Crippen LogP contribution in [0.2, 0.25) is 0 Å². The molecule has 0 aliphatic carbocycles.